The Bertz CT molecular complexity index is 737. The molecule has 1 heterocycles. The Morgan fingerprint density at radius 1 is 1.20 bits per heavy atom. The summed E-state index contributed by atoms with van der Waals surface area (Å²) in [5.74, 6) is 0.222. The van der Waals surface area contributed by atoms with E-state index < -0.39 is 5.41 Å². The maximum Gasteiger partial charge on any atom is 0.230 e. The van der Waals surface area contributed by atoms with Crippen LogP contribution < -0.4 is 10.6 Å². The van der Waals surface area contributed by atoms with Crippen LogP contribution in [0, 0.1) is 5.41 Å². The zero-order chi connectivity index (χ0) is 18.4. The first-order valence-corrected chi connectivity index (χ1v) is 9.88. The van der Waals surface area contributed by atoms with Crippen molar-refractivity contribution < 1.29 is 9.59 Å². The highest BCUT2D eigenvalue weighted by Gasteiger charge is 2.24. The maximum absolute atomic E-state index is 12.4. The average Bonchev–Trinajstić information content (AvgIpc) is 2.96. The molecule has 0 saturated heterocycles. The Labute approximate surface area is 156 Å². The number of carbonyl (C=O) groups is 2. The molecule has 134 valence electrons. The molecule has 5 nitrogen and oxygen atoms in total. The summed E-state index contributed by atoms with van der Waals surface area (Å²) in [6, 6.07) is 9.73. The molecule has 0 radical (unpaired) electrons. The zero-order valence-corrected chi connectivity index (χ0v) is 16.5. The van der Waals surface area contributed by atoms with Crippen molar-refractivity contribution in [1.82, 2.24) is 10.3 Å². The fraction of sp³-hybridized carbons (Fsp3) is 0.389. The van der Waals surface area contributed by atoms with Crippen LogP contribution in [0.2, 0.25) is 0 Å². The lowest BCUT2D eigenvalue weighted by Crippen LogP contribution is -2.27. The Morgan fingerprint density at radius 2 is 1.88 bits per heavy atom. The van der Waals surface area contributed by atoms with Gasteiger partial charge in [-0.2, -0.15) is 0 Å². The summed E-state index contributed by atoms with van der Waals surface area (Å²) in [4.78, 5) is 28.7. The normalized spacial score (nSPS) is 11.2. The van der Waals surface area contributed by atoms with E-state index >= 15 is 0 Å². The lowest BCUT2D eigenvalue weighted by Gasteiger charge is -2.17. The summed E-state index contributed by atoms with van der Waals surface area (Å²) in [6.07, 6.45) is 0. The van der Waals surface area contributed by atoms with Crippen molar-refractivity contribution in [2.45, 2.75) is 32.0 Å². The highest BCUT2D eigenvalue weighted by molar-refractivity contribution is 8.01. The average molecular weight is 378 g/mol. The zero-order valence-electron chi connectivity index (χ0n) is 14.9. The van der Waals surface area contributed by atoms with Gasteiger partial charge in [-0.3, -0.25) is 9.59 Å². The van der Waals surface area contributed by atoms with Crippen LogP contribution in [0.15, 0.2) is 34.7 Å². The first kappa shape index (κ1) is 19.5. The summed E-state index contributed by atoms with van der Waals surface area (Å²) < 4.78 is 0.759. The molecule has 0 aliphatic carbocycles. The number of amides is 2. The number of anilines is 1. The summed E-state index contributed by atoms with van der Waals surface area (Å²) in [5, 5.41) is 6.47. The van der Waals surface area contributed by atoms with Gasteiger partial charge in [-0.15, -0.1) is 0 Å². The molecule has 25 heavy (non-hydrogen) atoms. The molecule has 2 N–H and O–H groups in total. The Balaban J connectivity index is 2.26. The molecule has 0 bridgehead atoms. The molecule has 2 rings (SSSR count). The monoisotopic (exact) mass is 377 g/mol. The number of benzene rings is 1. The number of nitrogens with zero attached hydrogens (tertiary/aromatic N) is 1. The Hall–Kier alpha value is -1.86. The van der Waals surface area contributed by atoms with Gasteiger partial charge in [0.1, 0.15) is 10.7 Å². The van der Waals surface area contributed by atoms with Crippen molar-refractivity contribution in [3.05, 3.63) is 30.3 Å². The second kappa shape index (κ2) is 8.49. The highest BCUT2D eigenvalue weighted by Crippen LogP contribution is 2.38. The maximum atomic E-state index is 12.4. The number of rotatable bonds is 6. The second-order valence-corrected chi connectivity index (χ2v) is 8.69. The summed E-state index contributed by atoms with van der Waals surface area (Å²) in [5.41, 5.74) is 1.18. The number of hydrogen-bond acceptors (Lipinski definition) is 5. The van der Waals surface area contributed by atoms with Crippen molar-refractivity contribution in [1.29, 1.82) is 0 Å². The summed E-state index contributed by atoms with van der Waals surface area (Å²) >= 11 is 2.78. The van der Waals surface area contributed by atoms with Gasteiger partial charge >= 0.3 is 0 Å². The van der Waals surface area contributed by atoms with Crippen LogP contribution in [0.3, 0.4) is 0 Å². The van der Waals surface area contributed by atoms with Crippen LogP contribution in [0.25, 0.3) is 11.3 Å². The van der Waals surface area contributed by atoms with E-state index in [0.717, 1.165) is 15.6 Å². The number of thiazole rings is 1. The van der Waals surface area contributed by atoms with Crippen molar-refractivity contribution in [3.8, 4) is 11.3 Å². The Kier molecular flexibility index (Phi) is 6.61. The largest absolute Gasteiger partial charge is 0.356 e. The quantitative estimate of drug-likeness (QED) is 0.746. The van der Waals surface area contributed by atoms with Gasteiger partial charge in [-0.1, -0.05) is 74.2 Å². The van der Waals surface area contributed by atoms with E-state index in [1.807, 2.05) is 58.0 Å². The molecular weight excluding hydrogens is 354 g/mol. The van der Waals surface area contributed by atoms with Crippen LogP contribution in [0.4, 0.5) is 5.00 Å². The predicted octanol–water partition coefficient (Wildman–Crippen LogP) is 4.02. The van der Waals surface area contributed by atoms with E-state index in [0.29, 0.717) is 17.3 Å². The van der Waals surface area contributed by atoms with Gasteiger partial charge in [-0.05, 0) is 6.92 Å². The van der Waals surface area contributed by atoms with E-state index in [1.165, 1.54) is 23.1 Å². The van der Waals surface area contributed by atoms with E-state index in [2.05, 4.69) is 15.6 Å². The second-order valence-electron chi connectivity index (χ2n) is 6.47. The molecule has 0 aliphatic heterocycles. The molecule has 0 atom stereocenters. The molecule has 7 heteroatoms. The third kappa shape index (κ3) is 5.57. The van der Waals surface area contributed by atoms with Crippen molar-refractivity contribution >= 4 is 39.9 Å². The molecule has 2 amide bonds. The van der Waals surface area contributed by atoms with Crippen molar-refractivity contribution in [3.63, 3.8) is 0 Å². The molecule has 2 aromatic rings. The van der Waals surface area contributed by atoms with Crippen molar-refractivity contribution in [2.24, 2.45) is 5.41 Å². The summed E-state index contributed by atoms with van der Waals surface area (Å²) in [7, 11) is 0. The van der Waals surface area contributed by atoms with Crippen molar-refractivity contribution in [2.75, 3.05) is 17.6 Å². The van der Waals surface area contributed by atoms with Crippen LogP contribution in [0.5, 0.6) is 0 Å². The highest BCUT2D eigenvalue weighted by atomic mass is 32.2. The lowest BCUT2D eigenvalue weighted by molar-refractivity contribution is -0.123. The molecular formula is C18H23N3O2S2. The van der Waals surface area contributed by atoms with Gasteiger partial charge in [0, 0.05) is 17.5 Å². The number of thioether (sulfide) groups is 1. The number of hydrogen-bond donors (Lipinski definition) is 2. The van der Waals surface area contributed by atoms with Crippen LogP contribution >= 0.6 is 23.1 Å². The van der Waals surface area contributed by atoms with Crippen LogP contribution in [-0.2, 0) is 9.59 Å². The first-order valence-electron chi connectivity index (χ1n) is 8.08. The first-order chi connectivity index (χ1) is 11.8. The fourth-order valence-corrected chi connectivity index (χ4v) is 3.80. The van der Waals surface area contributed by atoms with Gasteiger partial charge in [0.15, 0.2) is 4.34 Å². The van der Waals surface area contributed by atoms with Gasteiger partial charge < -0.3 is 10.6 Å². The van der Waals surface area contributed by atoms with Crippen LogP contribution in [0.1, 0.15) is 27.7 Å². The van der Waals surface area contributed by atoms with E-state index in [9.17, 15) is 9.59 Å². The topological polar surface area (TPSA) is 71.1 Å². The smallest absolute Gasteiger partial charge is 0.230 e. The van der Waals surface area contributed by atoms with Gasteiger partial charge in [-0.25, -0.2) is 4.98 Å². The standard InChI is InChI=1S/C18H23N3O2S2/c1-5-19-13(22)11-24-17-20-14(12-9-7-6-8-10-12)15(25-17)21-16(23)18(2,3)4/h6-10H,5,11H2,1-4H3,(H,19,22)(H,21,23). The summed E-state index contributed by atoms with van der Waals surface area (Å²) in [6.45, 7) is 8.11. The molecule has 1 aromatic heterocycles. The number of carbonyl (C=O) groups excluding carboxylic acids is 2. The molecule has 0 spiro atoms. The van der Waals surface area contributed by atoms with E-state index in [1.54, 1.807) is 0 Å². The minimum absolute atomic E-state index is 0.0239. The SMILES string of the molecule is CCNC(=O)CSc1nc(-c2ccccc2)c(NC(=O)C(C)(C)C)s1. The van der Waals surface area contributed by atoms with Crippen LogP contribution in [-0.4, -0.2) is 29.1 Å². The van der Waals surface area contributed by atoms with Gasteiger partial charge in [0.25, 0.3) is 0 Å². The number of nitrogens with one attached hydrogen (secondary N) is 2. The number of aromatic nitrogens is 1. The molecule has 0 saturated carbocycles. The third-order valence-electron chi connectivity index (χ3n) is 3.26. The molecule has 0 unspecified atom stereocenters. The predicted molar refractivity (Wildman–Crippen MR) is 105 cm³/mol. The molecule has 1 aromatic carbocycles. The lowest BCUT2D eigenvalue weighted by atomic mass is 9.96. The molecule has 0 aliphatic rings. The fourth-order valence-electron chi connectivity index (χ4n) is 1.90. The minimum atomic E-state index is -0.494. The minimum Gasteiger partial charge on any atom is -0.356 e. The Morgan fingerprint density at radius 3 is 2.48 bits per heavy atom. The molecule has 0 fully saturated rings. The third-order valence-corrected chi connectivity index (χ3v) is 5.38. The van der Waals surface area contributed by atoms with Gasteiger partial charge in [0.05, 0.1) is 5.75 Å². The van der Waals surface area contributed by atoms with E-state index in [-0.39, 0.29) is 11.8 Å². The van der Waals surface area contributed by atoms with E-state index in [4.69, 9.17) is 0 Å². The van der Waals surface area contributed by atoms with Gasteiger partial charge in [0.2, 0.25) is 11.8 Å².